The van der Waals surface area contributed by atoms with E-state index in [0.29, 0.717) is 18.0 Å². The summed E-state index contributed by atoms with van der Waals surface area (Å²) in [5, 5.41) is 29.5. The van der Waals surface area contributed by atoms with Crippen molar-refractivity contribution < 1.29 is 19.5 Å². The van der Waals surface area contributed by atoms with Gasteiger partial charge in [-0.05, 0) is 29.2 Å². The lowest BCUT2D eigenvalue weighted by Crippen LogP contribution is -2.07. The van der Waals surface area contributed by atoms with E-state index in [-0.39, 0.29) is 30.6 Å². The van der Waals surface area contributed by atoms with Crippen molar-refractivity contribution >= 4 is 23.0 Å². The van der Waals surface area contributed by atoms with Crippen LogP contribution < -0.4 is 14.8 Å². The van der Waals surface area contributed by atoms with Crippen molar-refractivity contribution in [1.82, 2.24) is 19.6 Å². The summed E-state index contributed by atoms with van der Waals surface area (Å²) in [5.74, 6) is 0.576. The number of nitrogens with one attached hydrogen (secondary N) is 1. The predicted octanol–water partition coefficient (Wildman–Crippen LogP) is 3.68. The quantitative estimate of drug-likeness (QED) is 0.262. The SMILES string of the molecule is O=[N+]([O-])c1c(NCc2ccc(-c3csnn3)cc2)ncnc1Oc1cccc(OCCO)c1. The van der Waals surface area contributed by atoms with Gasteiger partial charge in [0, 0.05) is 23.6 Å². The molecule has 0 bridgehead atoms. The van der Waals surface area contributed by atoms with Crippen LogP contribution in [0, 0.1) is 10.1 Å². The molecule has 168 valence electrons. The Bertz CT molecular complexity index is 1220. The van der Waals surface area contributed by atoms with Crippen molar-refractivity contribution in [3.8, 4) is 28.6 Å². The normalized spacial score (nSPS) is 10.6. The molecule has 4 aromatic rings. The number of ether oxygens (including phenoxy) is 2. The van der Waals surface area contributed by atoms with Gasteiger partial charge in [-0.25, -0.2) is 4.98 Å². The predicted molar refractivity (Wildman–Crippen MR) is 120 cm³/mol. The number of hydrogen-bond acceptors (Lipinski definition) is 11. The van der Waals surface area contributed by atoms with E-state index in [1.54, 1.807) is 24.3 Å². The molecule has 0 aliphatic heterocycles. The minimum Gasteiger partial charge on any atom is -0.491 e. The number of aliphatic hydroxyl groups excluding tert-OH is 1. The molecule has 33 heavy (non-hydrogen) atoms. The van der Waals surface area contributed by atoms with Crippen LogP contribution in [0.25, 0.3) is 11.3 Å². The second-order valence-corrected chi connectivity index (χ2v) is 7.23. The number of nitro groups is 1. The molecule has 0 fully saturated rings. The van der Waals surface area contributed by atoms with Crippen molar-refractivity contribution in [2.45, 2.75) is 6.54 Å². The molecule has 0 aliphatic carbocycles. The molecule has 2 N–H and O–H groups in total. The fourth-order valence-corrected chi connectivity index (χ4v) is 3.37. The fraction of sp³-hybridized carbons (Fsp3) is 0.143. The molecule has 2 heterocycles. The molecule has 12 heteroatoms. The molecule has 0 saturated heterocycles. The van der Waals surface area contributed by atoms with E-state index in [1.165, 1.54) is 17.9 Å². The summed E-state index contributed by atoms with van der Waals surface area (Å²) in [6, 6.07) is 14.1. The second kappa shape index (κ2) is 10.4. The molecule has 0 saturated carbocycles. The van der Waals surface area contributed by atoms with Gasteiger partial charge >= 0.3 is 11.6 Å². The monoisotopic (exact) mass is 466 g/mol. The first-order valence-corrected chi connectivity index (χ1v) is 10.6. The molecule has 0 unspecified atom stereocenters. The summed E-state index contributed by atoms with van der Waals surface area (Å²) in [6.45, 7) is 0.284. The first kappa shape index (κ1) is 22.0. The van der Waals surface area contributed by atoms with Crippen LogP contribution in [0.5, 0.6) is 17.4 Å². The number of hydrogen-bond donors (Lipinski definition) is 2. The Morgan fingerprint density at radius 1 is 1.12 bits per heavy atom. The van der Waals surface area contributed by atoms with Gasteiger partial charge in [0.1, 0.15) is 30.1 Å². The molecule has 0 radical (unpaired) electrons. The summed E-state index contributed by atoms with van der Waals surface area (Å²) < 4.78 is 14.8. The molecular formula is C21H18N6O5S. The molecule has 0 atom stereocenters. The second-order valence-electron chi connectivity index (χ2n) is 6.62. The maximum Gasteiger partial charge on any atom is 0.373 e. The summed E-state index contributed by atoms with van der Waals surface area (Å²) >= 11 is 1.28. The molecule has 0 aliphatic rings. The molecule has 2 aromatic heterocycles. The molecule has 4 rings (SSSR count). The summed E-state index contributed by atoms with van der Waals surface area (Å²) in [6.07, 6.45) is 1.19. The van der Waals surface area contributed by atoms with Crippen LogP contribution in [0.2, 0.25) is 0 Å². The fourth-order valence-electron chi connectivity index (χ4n) is 2.90. The average Bonchev–Trinajstić information content (AvgIpc) is 3.37. The summed E-state index contributed by atoms with van der Waals surface area (Å²) in [7, 11) is 0. The highest BCUT2D eigenvalue weighted by molar-refractivity contribution is 7.03. The lowest BCUT2D eigenvalue weighted by molar-refractivity contribution is -0.385. The Balaban J connectivity index is 1.50. The number of anilines is 1. The van der Waals surface area contributed by atoms with Gasteiger partial charge in [-0.1, -0.05) is 34.8 Å². The van der Waals surface area contributed by atoms with Gasteiger partial charge in [0.05, 0.1) is 11.5 Å². The Hall–Kier alpha value is -4.16. The number of rotatable bonds is 10. The molecular weight excluding hydrogens is 448 g/mol. The minimum absolute atomic E-state index is 0.0328. The van der Waals surface area contributed by atoms with E-state index in [2.05, 4.69) is 24.9 Å². The first-order chi connectivity index (χ1) is 16.1. The van der Waals surface area contributed by atoms with E-state index < -0.39 is 4.92 Å². The van der Waals surface area contributed by atoms with E-state index in [1.807, 2.05) is 29.6 Å². The molecule has 0 spiro atoms. The summed E-state index contributed by atoms with van der Waals surface area (Å²) in [5.41, 5.74) is 2.23. The highest BCUT2D eigenvalue weighted by atomic mass is 32.1. The van der Waals surface area contributed by atoms with Gasteiger partial charge in [-0.15, -0.1) is 5.10 Å². The van der Waals surface area contributed by atoms with Crippen LogP contribution in [0.3, 0.4) is 0 Å². The summed E-state index contributed by atoms with van der Waals surface area (Å²) in [4.78, 5) is 19.1. The number of aromatic nitrogens is 4. The van der Waals surface area contributed by atoms with Crippen LogP contribution in [-0.2, 0) is 6.54 Å². The van der Waals surface area contributed by atoms with Crippen LogP contribution in [0.1, 0.15) is 5.56 Å². The van der Waals surface area contributed by atoms with Gasteiger partial charge in [-0.2, -0.15) is 4.98 Å². The number of nitrogens with zero attached hydrogens (tertiary/aromatic N) is 5. The lowest BCUT2D eigenvalue weighted by atomic mass is 10.1. The zero-order valence-corrected chi connectivity index (χ0v) is 17.9. The lowest BCUT2D eigenvalue weighted by Gasteiger charge is -2.10. The molecule has 0 amide bonds. The Morgan fingerprint density at radius 3 is 2.67 bits per heavy atom. The third kappa shape index (κ3) is 5.56. The van der Waals surface area contributed by atoms with Crippen molar-refractivity contribution in [2.75, 3.05) is 18.5 Å². The topological polar surface area (TPSA) is 145 Å². The third-order valence-electron chi connectivity index (χ3n) is 4.42. The number of benzene rings is 2. The van der Waals surface area contributed by atoms with E-state index in [4.69, 9.17) is 14.6 Å². The van der Waals surface area contributed by atoms with Crippen LogP contribution in [0.4, 0.5) is 11.5 Å². The van der Waals surface area contributed by atoms with Crippen molar-refractivity contribution in [3.63, 3.8) is 0 Å². The highest BCUT2D eigenvalue weighted by Crippen LogP contribution is 2.35. The highest BCUT2D eigenvalue weighted by Gasteiger charge is 2.25. The van der Waals surface area contributed by atoms with Crippen molar-refractivity contribution in [3.05, 3.63) is 75.9 Å². The maximum atomic E-state index is 11.8. The van der Waals surface area contributed by atoms with Gasteiger partial charge in [0.2, 0.25) is 5.82 Å². The Morgan fingerprint density at radius 2 is 1.94 bits per heavy atom. The van der Waals surface area contributed by atoms with Crippen LogP contribution in [0.15, 0.2) is 60.2 Å². The van der Waals surface area contributed by atoms with E-state index in [0.717, 1.165) is 16.8 Å². The van der Waals surface area contributed by atoms with Gasteiger partial charge < -0.3 is 19.9 Å². The largest absolute Gasteiger partial charge is 0.491 e. The third-order valence-corrected chi connectivity index (χ3v) is 4.93. The first-order valence-electron chi connectivity index (χ1n) is 9.75. The minimum atomic E-state index is -0.595. The number of aliphatic hydroxyl groups is 1. The van der Waals surface area contributed by atoms with Crippen LogP contribution >= 0.6 is 11.5 Å². The molecule has 2 aromatic carbocycles. The smallest absolute Gasteiger partial charge is 0.373 e. The van der Waals surface area contributed by atoms with Crippen LogP contribution in [-0.4, -0.2) is 42.8 Å². The van der Waals surface area contributed by atoms with Crippen molar-refractivity contribution in [2.24, 2.45) is 0 Å². The Labute approximate surface area is 192 Å². The van der Waals surface area contributed by atoms with Crippen molar-refractivity contribution in [1.29, 1.82) is 0 Å². The zero-order valence-electron chi connectivity index (χ0n) is 17.1. The maximum absolute atomic E-state index is 11.8. The zero-order chi connectivity index (χ0) is 23.0. The Kier molecular flexibility index (Phi) is 6.97. The van der Waals surface area contributed by atoms with E-state index in [9.17, 15) is 10.1 Å². The average molecular weight is 466 g/mol. The van der Waals surface area contributed by atoms with Gasteiger partial charge in [0.15, 0.2) is 0 Å². The van der Waals surface area contributed by atoms with Gasteiger partial charge in [0.25, 0.3) is 0 Å². The van der Waals surface area contributed by atoms with E-state index >= 15 is 0 Å². The standard InChI is InChI=1S/C21H18N6O5S/c28-8-9-31-16-2-1-3-17(10-16)32-21-19(27(29)30)20(23-13-24-21)22-11-14-4-6-15(7-5-14)18-12-33-26-25-18/h1-7,10,12-13,28H,8-9,11H2,(H,22,23,24). The molecule has 11 nitrogen and oxygen atoms in total. The van der Waals surface area contributed by atoms with Gasteiger partial charge in [-0.3, -0.25) is 10.1 Å².